The quantitative estimate of drug-likeness (QED) is 0.209. The van der Waals surface area contributed by atoms with Gasteiger partial charge < -0.3 is 63.4 Å². The van der Waals surface area contributed by atoms with Gasteiger partial charge in [0.2, 0.25) is 0 Å². The number of nitrogens with zero attached hydrogens (tertiary/aromatic N) is 2. The van der Waals surface area contributed by atoms with Crippen molar-refractivity contribution in [1.29, 1.82) is 0 Å². The van der Waals surface area contributed by atoms with E-state index < -0.39 is 103 Å². The highest BCUT2D eigenvalue weighted by Gasteiger charge is 2.48. The summed E-state index contributed by atoms with van der Waals surface area (Å²) < 4.78 is 42.6. The fourth-order valence-electron chi connectivity index (χ4n) is 10.0. The smallest absolute Gasteiger partial charge is 0.308 e. The van der Waals surface area contributed by atoms with E-state index in [9.17, 15) is 30.0 Å². The van der Waals surface area contributed by atoms with E-state index >= 15 is 0 Å². The number of methoxy groups -OCH3 is 2. The molecule has 15 heteroatoms. The first-order valence-electron chi connectivity index (χ1n) is 22.6. The van der Waals surface area contributed by atoms with Crippen LogP contribution in [0, 0.1) is 35.5 Å². The molecule has 4 aliphatic rings. The lowest BCUT2D eigenvalue weighted by Crippen LogP contribution is -2.63. The summed E-state index contributed by atoms with van der Waals surface area (Å²) in [7, 11) is 6.54. The minimum atomic E-state index is -1.23. The highest BCUT2D eigenvalue weighted by molar-refractivity contribution is 5.91. The van der Waals surface area contributed by atoms with Gasteiger partial charge in [-0.1, -0.05) is 52.3 Å². The van der Waals surface area contributed by atoms with Crippen molar-refractivity contribution in [1.82, 2.24) is 9.80 Å². The van der Waals surface area contributed by atoms with Crippen molar-refractivity contribution in [2.75, 3.05) is 54.6 Å². The maximum absolute atomic E-state index is 14.0. The van der Waals surface area contributed by atoms with E-state index in [0.29, 0.717) is 31.1 Å². The standard InChI is InChI=1S/C46H80N2O13/c1-13-36-33(24-57-46-44(56-12)43(55-11)40(53)31(8)59-46)19-25(2)14-15-34(49)28(5)20-32(16-17-48-22-26(3)18-27(4)23-48)42(29(6)35(50)21-37(51)60-36)61-45-41(54)38(47(9)10)39(52)30(7)58-45/h14-15,19,26-33,35-36,38-46,50,52-54H,13,16-18,20-24H2,1-12H3/b15-14+,25-19-/t26-,27+,28-,29+,30-,31-,32+,33-,35-,36?,38+,39-,40-,41-,42?,43-,44-,45+,46-/m1/s1. The molecule has 0 aromatic rings. The van der Waals surface area contributed by atoms with Crippen LogP contribution in [0.2, 0.25) is 0 Å². The van der Waals surface area contributed by atoms with Crippen molar-refractivity contribution in [2.45, 2.75) is 167 Å². The Morgan fingerprint density at radius 3 is 2.05 bits per heavy atom. The summed E-state index contributed by atoms with van der Waals surface area (Å²) in [6, 6.07) is -0.684. The van der Waals surface area contributed by atoms with Gasteiger partial charge in [-0.05, 0) is 90.9 Å². The molecule has 352 valence electrons. The number of ketones is 1. The number of aliphatic hydroxyl groups excluding tert-OH is 4. The Kier molecular flexibility index (Phi) is 20.3. The largest absolute Gasteiger partial charge is 0.462 e. The number of cyclic esters (lactones) is 1. The van der Waals surface area contributed by atoms with E-state index in [1.807, 2.05) is 33.8 Å². The first-order chi connectivity index (χ1) is 28.8. The summed E-state index contributed by atoms with van der Waals surface area (Å²) in [4.78, 5) is 32.1. The van der Waals surface area contributed by atoms with Gasteiger partial charge in [0, 0.05) is 45.1 Å². The third-order valence-corrected chi connectivity index (χ3v) is 13.5. The summed E-state index contributed by atoms with van der Waals surface area (Å²) in [5.41, 5.74) is 0.761. The first kappa shape index (κ1) is 51.8. The molecule has 0 spiro atoms. The molecule has 4 heterocycles. The summed E-state index contributed by atoms with van der Waals surface area (Å²) in [6.07, 6.45) is -2.96. The molecule has 19 atom stereocenters. The van der Waals surface area contributed by atoms with Gasteiger partial charge in [0.25, 0.3) is 0 Å². The van der Waals surface area contributed by atoms with Crippen molar-refractivity contribution in [3.05, 3.63) is 23.8 Å². The topological polar surface area (TPSA) is 186 Å². The highest BCUT2D eigenvalue weighted by Crippen LogP contribution is 2.36. The van der Waals surface area contributed by atoms with Crippen LogP contribution in [0.4, 0.5) is 0 Å². The Morgan fingerprint density at radius 2 is 1.44 bits per heavy atom. The zero-order valence-corrected chi connectivity index (χ0v) is 38.9. The minimum absolute atomic E-state index is 0.0427. The molecule has 15 nitrogen and oxygen atoms in total. The summed E-state index contributed by atoms with van der Waals surface area (Å²) in [6.45, 7) is 18.2. The van der Waals surface area contributed by atoms with Crippen LogP contribution in [0.25, 0.3) is 0 Å². The van der Waals surface area contributed by atoms with Crippen LogP contribution >= 0.6 is 0 Å². The zero-order chi connectivity index (χ0) is 45.3. The van der Waals surface area contributed by atoms with Crippen molar-refractivity contribution in [3.8, 4) is 0 Å². The van der Waals surface area contributed by atoms with Gasteiger partial charge >= 0.3 is 5.97 Å². The lowest BCUT2D eigenvalue weighted by molar-refractivity contribution is -0.304. The second-order valence-electron chi connectivity index (χ2n) is 18.9. The summed E-state index contributed by atoms with van der Waals surface area (Å²) in [5, 5.41) is 45.3. The van der Waals surface area contributed by atoms with Crippen molar-refractivity contribution in [2.24, 2.45) is 35.5 Å². The van der Waals surface area contributed by atoms with Gasteiger partial charge in [0.05, 0.1) is 49.6 Å². The number of piperidine rings is 1. The molecule has 0 aromatic carbocycles. The predicted molar refractivity (Wildman–Crippen MR) is 229 cm³/mol. The van der Waals surface area contributed by atoms with Crippen molar-refractivity contribution < 1.29 is 63.2 Å². The van der Waals surface area contributed by atoms with Crippen molar-refractivity contribution in [3.63, 3.8) is 0 Å². The van der Waals surface area contributed by atoms with Gasteiger partial charge in [0.1, 0.15) is 30.5 Å². The Balaban J connectivity index is 1.68. The molecule has 2 unspecified atom stereocenters. The molecule has 0 saturated carbocycles. The number of hydrogen-bond acceptors (Lipinski definition) is 15. The summed E-state index contributed by atoms with van der Waals surface area (Å²) in [5.74, 6) is -1.46. The average molecular weight is 869 g/mol. The molecule has 61 heavy (non-hydrogen) atoms. The molecule has 0 aromatic heterocycles. The first-order valence-corrected chi connectivity index (χ1v) is 22.6. The van der Waals surface area contributed by atoms with Crippen LogP contribution in [0.15, 0.2) is 23.8 Å². The van der Waals surface area contributed by atoms with E-state index in [1.54, 1.807) is 45.0 Å². The number of carbonyl (C=O) groups is 2. The molecule has 0 bridgehead atoms. The maximum atomic E-state index is 14.0. The maximum Gasteiger partial charge on any atom is 0.308 e. The van der Waals surface area contributed by atoms with Crippen LogP contribution < -0.4 is 0 Å². The third kappa shape index (κ3) is 13.8. The zero-order valence-electron chi connectivity index (χ0n) is 38.9. The second-order valence-corrected chi connectivity index (χ2v) is 18.9. The Bertz CT molecular complexity index is 1420. The fourth-order valence-corrected chi connectivity index (χ4v) is 10.0. The van der Waals surface area contributed by atoms with Gasteiger partial charge in [-0.15, -0.1) is 0 Å². The number of hydrogen-bond donors (Lipinski definition) is 4. The van der Waals surface area contributed by atoms with Gasteiger partial charge in [-0.25, -0.2) is 0 Å². The number of likely N-dealkylation sites (N-methyl/N-ethyl adjacent to an activating group) is 1. The molecule has 0 radical (unpaired) electrons. The van der Waals surface area contributed by atoms with Crippen LogP contribution in [-0.2, 0) is 42.7 Å². The van der Waals surface area contributed by atoms with Gasteiger partial charge in [-0.3, -0.25) is 9.59 Å². The number of allylic oxidation sites excluding steroid dienone is 3. The lowest BCUT2D eigenvalue weighted by atomic mass is 9.79. The van der Waals surface area contributed by atoms with Crippen LogP contribution in [0.3, 0.4) is 0 Å². The van der Waals surface area contributed by atoms with E-state index in [4.69, 9.17) is 33.2 Å². The SMILES string of the molecule is CCC1OC(=O)C[C@@H](O)[C@H](C)C(O[C@@H]2O[C@H](C)[C@@H](O)[C@H](N(C)C)[C@H]2O)[C@@H](CCN2C[C@H](C)C[C@H](C)C2)C[C@@H](C)C(=O)/C=C/C(C)=C\[C@@H]1CO[C@@H]1O[C@H](C)[C@@H](O)[C@@H](OC)[C@H]1OC. The molecule has 4 aliphatic heterocycles. The monoisotopic (exact) mass is 869 g/mol. The van der Waals surface area contributed by atoms with E-state index in [1.165, 1.54) is 20.6 Å². The molecule has 4 rings (SSSR count). The highest BCUT2D eigenvalue weighted by atomic mass is 16.7. The van der Waals surface area contributed by atoms with Crippen LogP contribution in [0.1, 0.15) is 87.5 Å². The number of esters is 1. The number of aliphatic hydroxyl groups is 4. The fraction of sp³-hybridized carbons (Fsp3) is 0.870. The molecular weight excluding hydrogens is 789 g/mol. The number of ether oxygens (including phenoxy) is 7. The lowest BCUT2D eigenvalue weighted by Gasteiger charge is -2.47. The minimum Gasteiger partial charge on any atom is -0.462 e. The van der Waals surface area contributed by atoms with E-state index in [-0.39, 0.29) is 24.7 Å². The predicted octanol–water partition coefficient (Wildman–Crippen LogP) is 3.34. The molecule has 4 N–H and O–H groups in total. The Morgan fingerprint density at radius 1 is 0.820 bits per heavy atom. The normalized spacial score (nSPS) is 44.3. The van der Waals surface area contributed by atoms with E-state index in [0.717, 1.165) is 25.2 Å². The molecule has 0 amide bonds. The number of likely N-dealkylation sites (tertiary alicyclic amines) is 1. The van der Waals surface area contributed by atoms with Gasteiger partial charge in [0.15, 0.2) is 18.4 Å². The number of carbonyl (C=O) groups excluding carboxylic acids is 2. The molecule has 0 aliphatic carbocycles. The number of rotatable bonds is 12. The molecule has 3 fully saturated rings. The Labute approximate surface area is 365 Å². The summed E-state index contributed by atoms with van der Waals surface area (Å²) >= 11 is 0. The third-order valence-electron chi connectivity index (χ3n) is 13.5. The second kappa shape index (κ2) is 23.9. The van der Waals surface area contributed by atoms with Crippen LogP contribution in [-0.4, -0.2) is 176 Å². The van der Waals surface area contributed by atoms with Crippen molar-refractivity contribution >= 4 is 11.8 Å². The van der Waals surface area contributed by atoms with E-state index in [2.05, 4.69) is 18.7 Å². The average Bonchev–Trinajstić information content (AvgIpc) is 3.19. The molecule has 3 saturated heterocycles. The van der Waals surface area contributed by atoms with Crippen LogP contribution in [0.5, 0.6) is 0 Å². The van der Waals surface area contributed by atoms with Gasteiger partial charge in [-0.2, -0.15) is 0 Å². The Hall–Kier alpha value is -1.86. The molecular formula is C46H80N2O13.